The lowest BCUT2D eigenvalue weighted by atomic mass is 10.1. The Morgan fingerprint density at radius 3 is 2.41 bits per heavy atom. The summed E-state index contributed by atoms with van der Waals surface area (Å²) >= 11 is 0. The standard InChI is InChI=1S/C22H21FN4O2/c1-16(19-11-24-26(14-19)13-17-5-3-2-4-6-17)27-21(28)15-25(22(27)29)12-18-7-9-20(23)10-8-18/h2-11,14,16H,12-13,15H2,1H3/t16-/m0/s1. The van der Waals surface area contributed by atoms with E-state index in [1.165, 1.54) is 21.9 Å². The second-order valence-corrected chi connectivity index (χ2v) is 7.16. The van der Waals surface area contributed by atoms with Gasteiger partial charge in [0.15, 0.2) is 0 Å². The first-order chi connectivity index (χ1) is 14.0. The second-order valence-electron chi connectivity index (χ2n) is 7.16. The average Bonchev–Trinajstić information content (AvgIpc) is 3.28. The molecule has 1 aliphatic rings. The van der Waals surface area contributed by atoms with Gasteiger partial charge in [-0.3, -0.25) is 14.4 Å². The van der Waals surface area contributed by atoms with Gasteiger partial charge in [-0.15, -0.1) is 0 Å². The van der Waals surface area contributed by atoms with Crippen molar-refractivity contribution < 1.29 is 14.0 Å². The smallest absolute Gasteiger partial charge is 0.311 e. The van der Waals surface area contributed by atoms with Crippen LogP contribution in [0.3, 0.4) is 0 Å². The zero-order valence-electron chi connectivity index (χ0n) is 16.0. The van der Waals surface area contributed by atoms with Gasteiger partial charge in [-0.1, -0.05) is 42.5 Å². The largest absolute Gasteiger partial charge is 0.328 e. The minimum Gasteiger partial charge on any atom is -0.311 e. The van der Waals surface area contributed by atoms with E-state index in [1.807, 2.05) is 43.5 Å². The molecule has 0 saturated carbocycles. The predicted octanol–water partition coefficient (Wildman–Crippen LogP) is 3.60. The second kappa shape index (κ2) is 7.87. The zero-order valence-corrected chi connectivity index (χ0v) is 16.0. The van der Waals surface area contributed by atoms with Crippen molar-refractivity contribution >= 4 is 11.9 Å². The maximum absolute atomic E-state index is 13.1. The number of benzene rings is 2. The number of halogens is 1. The molecule has 6 nitrogen and oxygen atoms in total. The molecule has 1 aliphatic heterocycles. The van der Waals surface area contributed by atoms with Gasteiger partial charge in [-0.05, 0) is 30.2 Å². The normalized spacial score (nSPS) is 15.2. The van der Waals surface area contributed by atoms with Gasteiger partial charge in [-0.2, -0.15) is 5.10 Å². The number of rotatable bonds is 6. The third-order valence-electron chi connectivity index (χ3n) is 5.07. The van der Waals surface area contributed by atoms with Crippen molar-refractivity contribution in [1.82, 2.24) is 19.6 Å². The first-order valence-electron chi connectivity index (χ1n) is 9.43. The average molecular weight is 392 g/mol. The van der Waals surface area contributed by atoms with E-state index < -0.39 is 6.04 Å². The Bertz CT molecular complexity index is 1020. The van der Waals surface area contributed by atoms with Crippen LogP contribution >= 0.6 is 0 Å². The molecule has 0 spiro atoms. The van der Waals surface area contributed by atoms with E-state index in [-0.39, 0.29) is 30.8 Å². The number of hydrogen-bond donors (Lipinski definition) is 0. The van der Waals surface area contributed by atoms with Gasteiger partial charge < -0.3 is 4.90 Å². The van der Waals surface area contributed by atoms with Gasteiger partial charge in [0.05, 0.1) is 18.8 Å². The molecule has 3 aromatic rings. The number of urea groups is 1. The van der Waals surface area contributed by atoms with Crippen molar-refractivity contribution in [3.63, 3.8) is 0 Å². The molecular weight excluding hydrogens is 371 g/mol. The Hall–Kier alpha value is -3.48. The van der Waals surface area contributed by atoms with Crippen LogP contribution in [0.2, 0.25) is 0 Å². The van der Waals surface area contributed by atoms with Crippen LogP contribution < -0.4 is 0 Å². The molecule has 0 radical (unpaired) electrons. The van der Waals surface area contributed by atoms with Crippen LogP contribution in [0, 0.1) is 5.82 Å². The molecule has 1 atom stereocenters. The summed E-state index contributed by atoms with van der Waals surface area (Å²) in [6, 6.07) is 15.1. The molecule has 7 heteroatoms. The van der Waals surface area contributed by atoms with Crippen LogP contribution in [0.5, 0.6) is 0 Å². The van der Waals surface area contributed by atoms with Gasteiger partial charge in [0.1, 0.15) is 12.4 Å². The van der Waals surface area contributed by atoms with E-state index in [1.54, 1.807) is 23.0 Å². The maximum atomic E-state index is 13.1. The highest BCUT2D eigenvalue weighted by molar-refractivity contribution is 6.02. The number of hydrogen-bond acceptors (Lipinski definition) is 3. The molecular formula is C22H21FN4O2. The highest BCUT2D eigenvalue weighted by atomic mass is 19.1. The summed E-state index contributed by atoms with van der Waals surface area (Å²) in [7, 11) is 0. The van der Waals surface area contributed by atoms with Gasteiger partial charge in [0.2, 0.25) is 0 Å². The molecule has 1 aromatic heterocycles. The quantitative estimate of drug-likeness (QED) is 0.603. The molecule has 29 heavy (non-hydrogen) atoms. The van der Waals surface area contributed by atoms with E-state index >= 15 is 0 Å². The van der Waals surface area contributed by atoms with Crippen LogP contribution in [-0.4, -0.2) is 38.1 Å². The third-order valence-corrected chi connectivity index (χ3v) is 5.07. The lowest BCUT2D eigenvalue weighted by Crippen LogP contribution is -2.34. The Balaban J connectivity index is 1.45. The third kappa shape index (κ3) is 4.03. The van der Waals surface area contributed by atoms with Crippen molar-refractivity contribution in [3.05, 3.63) is 89.5 Å². The molecule has 0 unspecified atom stereocenters. The van der Waals surface area contributed by atoms with Crippen LogP contribution in [0.1, 0.15) is 29.7 Å². The summed E-state index contributed by atoms with van der Waals surface area (Å²) in [5, 5.41) is 4.37. The number of amides is 3. The van der Waals surface area contributed by atoms with E-state index in [0.717, 1.165) is 16.7 Å². The molecule has 1 saturated heterocycles. The van der Waals surface area contributed by atoms with Crippen molar-refractivity contribution in [3.8, 4) is 0 Å². The SMILES string of the molecule is C[C@@H](c1cnn(Cc2ccccc2)c1)N1C(=O)CN(Cc2ccc(F)cc2)C1=O. The van der Waals surface area contributed by atoms with E-state index in [9.17, 15) is 14.0 Å². The van der Waals surface area contributed by atoms with Gasteiger partial charge >= 0.3 is 6.03 Å². The summed E-state index contributed by atoms with van der Waals surface area (Å²) in [5.41, 5.74) is 2.69. The molecule has 0 aliphatic carbocycles. The Kier molecular flexibility index (Phi) is 5.12. The fourth-order valence-electron chi connectivity index (χ4n) is 3.48. The van der Waals surface area contributed by atoms with Crippen LogP contribution in [0.25, 0.3) is 0 Å². The fourth-order valence-corrected chi connectivity index (χ4v) is 3.48. The molecule has 148 valence electrons. The minimum absolute atomic E-state index is 0.0126. The zero-order chi connectivity index (χ0) is 20.4. The van der Waals surface area contributed by atoms with Gasteiger partial charge in [0, 0.05) is 18.3 Å². The van der Waals surface area contributed by atoms with Gasteiger partial charge in [-0.25, -0.2) is 9.18 Å². The monoisotopic (exact) mass is 392 g/mol. The van der Waals surface area contributed by atoms with E-state index in [4.69, 9.17) is 0 Å². The summed E-state index contributed by atoms with van der Waals surface area (Å²) in [5.74, 6) is -0.583. The van der Waals surface area contributed by atoms with Gasteiger partial charge in [0.25, 0.3) is 5.91 Å². The topological polar surface area (TPSA) is 58.4 Å². The predicted molar refractivity (Wildman–Crippen MR) is 105 cm³/mol. The van der Waals surface area contributed by atoms with E-state index in [0.29, 0.717) is 6.54 Å². The molecule has 4 rings (SSSR count). The summed E-state index contributed by atoms with van der Waals surface area (Å²) < 4.78 is 14.9. The maximum Gasteiger partial charge on any atom is 0.328 e. The Morgan fingerprint density at radius 2 is 1.69 bits per heavy atom. The fraction of sp³-hybridized carbons (Fsp3) is 0.227. The summed E-state index contributed by atoms with van der Waals surface area (Å²) in [6.45, 7) is 2.72. The number of nitrogens with zero attached hydrogens (tertiary/aromatic N) is 4. The molecule has 0 N–H and O–H groups in total. The lowest BCUT2D eigenvalue weighted by Gasteiger charge is -2.22. The Morgan fingerprint density at radius 1 is 1.00 bits per heavy atom. The van der Waals surface area contributed by atoms with Crippen LogP contribution in [-0.2, 0) is 17.9 Å². The summed E-state index contributed by atoms with van der Waals surface area (Å²) in [6.07, 6.45) is 3.55. The van der Waals surface area contributed by atoms with Crippen molar-refractivity contribution in [2.75, 3.05) is 6.54 Å². The van der Waals surface area contributed by atoms with Crippen molar-refractivity contribution in [2.24, 2.45) is 0 Å². The van der Waals surface area contributed by atoms with Crippen molar-refractivity contribution in [1.29, 1.82) is 0 Å². The molecule has 2 aromatic carbocycles. The number of carbonyl (C=O) groups is 2. The molecule has 1 fully saturated rings. The van der Waals surface area contributed by atoms with E-state index in [2.05, 4.69) is 5.10 Å². The molecule has 2 heterocycles. The Labute approximate surface area is 168 Å². The highest BCUT2D eigenvalue weighted by Gasteiger charge is 2.39. The number of imide groups is 1. The van der Waals surface area contributed by atoms with Crippen molar-refractivity contribution in [2.45, 2.75) is 26.1 Å². The van der Waals surface area contributed by atoms with Crippen LogP contribution in [0.4, 0.5) is 9.18 Å². The summed E-state index contributed by atoms with van der Waals surface area (Å²) in [4.78, 5) is 28.1. The highest BCUT2D eigenvalue weighted by Crippen LogP contribution is 2.26. The number of aromatic nitrogens is 2. The first kappa shape index (κ1) is 18.9. The lowest BCUT2D eigenvalue weighted by molar-refractivity contribution is -0.126. The first-order valence-corrected chi connectivity index (χ1v) is 9.43. The number of carbonyl (C=O) groups excluding carboxylic acids is 2. The molecule has 0 bridgehead atoms. The molecule has 3 amide bonds. The minimum atomic E-state index is -0.419. The van der Waals surface area contributed by atoms with Crippen LogP contribution in [0.15, 0.2) is 67.0 Å².